The van der Waals surface area contributed by atoms with Crippen LogP contribution in [0.3, 0.4) is 0 Å². The highest BCUT2D eigenvalue weighted by Gasteiger charge is 2.07. The number of allylic oxidation sites excluding steroid dienone is 2. The second kappa shape index (κ2) is 10.4. The highest BCUT2D eigenvalue weighted by Crippen LogP contribution is 2.03. The van der Waals surface area contributed by atoms with Crippen LogP contribution in [0.1, 0.15) is 51.9 Å². The molecule has 0 aromatic carbocycles. The zero-order chi connectivity index (χ0) is 12.2. The first kappa shape index (κ1) is 14.9. The molecule has 92 valence electrons. The van der Waals surface area contributed by atoms with Crippen molar-refractivity contribution in [2.24, 2.45) is 0 Å². The predicted octanol–water partition coefficient (Wildman–Crippen LogP) is 3.04. The average Bonchev–Trinajstić information content (AvgIpc) is 2.27. The molecule has 0 amide bonds. The van der Waals surface area contributed by atoms with Gasteiger partial charge in [-0.05, 0) is 19.3 Å². The molecule has 0 heterocycles. The molecule has 0 radical (unpaired) electrons. The van der Waals surface area contributed by atoms with Crippen molar-refractivity contribution < 1.29 is 14.3 Å². The van der Waals surface area contributed by atoms with Crippen LogP contribution in [0.5, 0.6) is 0 Å². The van der Waals surface area contributed by atoms with Crippen molar-refractivity contribution in [3.05, 3.63) is 12.2 Å². The van der Waals surface area contributed by atoms with E-state index in [0.717, 1.165) is 19.3 Å². The summed E-state index contributed by atoms with van der Waals surface area (Å²) in [5.74, 6) is -0.475. The van der Waals surface area contributed by atoms with E-state index >= 15 is 0 Å². The Morgan fingerprint density at radius 1 is 1.12 bits per heavy atom. The van der Waals surface area contributed by atoms with Gasteiger partial charge in [-0.25, -0.2) is 0 Å². The van der Waals surface area contributed by atoms with E-state index in [-0.39, 0.29) is 12.2 Å². The number of carbonyl (C=O) groups excluding carboxylic acids is 2. The van der Waals surface area contributed by atoms with Gasteiger partial charge in [0, 0.05) is 6.42 Å². The van der Waals surface area contributed by atoms with Crippen molar-refractivity contribution >= 4 is 11.8 Å². The molecule has 3 nitrogen and oxygen atoms in total. The van der Waals surface area contributed by atoms with Crippen LogP contribution < -0.4 is 0 Å². The van der Waals surface area contributed by atoms with Gasteiger partial charge in [-0.1, -0.05) is 31.9 Å². The van der Waals surface area contributed by atoms with Gasteiger partial charge in [0.1, 0.15) is 12.2 Å². The molecule has 0 spiro atoms. The maximum Gasteiger partial charge on any atom is 0.313 e. The average molecular weight is 226 g/mol. The Hall–Kier alpha value is -1.12. The first-order chi connectivity index (χ1) is 7.70. The third kappa shape index (κ3) is 9.44. The van der Waals surface area contributed by atoms with Crippen molar-refractivity contribution in [3.63, 3.8) is 0 Å². The second-order valence-corrected chi connectivity index (χ2v) is 3.80. The van der Waals surface area contributed by atoms with Crippen LogP contribution in [0.25, 0.3) is 0 Å². The Balaban J connectivity index is 3.40. The summed E-state index contributed by atoms with van der Waals surface area (Å²) >= 11 is 0. The number of Topliss-reactive ketones (excluding diaryl/α,β-unsaturated/α-hetero) is 1. The quantitative estimate of drug-likeness (QED) is 0.263. The SMILES string of the molecule is CCCC/C=C/CCCC(=O)CC(=O)OC. The smallest absolute Gasteiger partial charge is 0.313 e. The number of ketones is 1. The Bertz CT molecular complexity index is 231. The summed E-state index contributed by atoms with van der Waals surface area (Å²) in [6.45, 7) is 2.17. The van der Waals surface area contributed by atoms with Gasteiger partial charge in [-0.15, -0.1) is 0 Å². The lowest BCUT2D eigenvalue weighted by atomic mass is 10.1. The zero-order valence-corrected chi connectivity index (χ0v) is 10.3. The Morgan fingerprint density at radius 3 is 2.31 bits per heavy atom. The molecule has 0 saturated heterocycles. The topological polar surface area (TPSA) is 43.4 Å². The summed E-state index contributed by atoms with van der Waals surface area (Å²) in [5, 5.41) is 0. The largest absolute Gasteiger partial charge is 0.469 e. The lowest BCUT2D eigenvalue weighted by molar-refractivity contribution is -0.143. The number of hydrogen-bond donors (Lipinski definition) is 0. The molecule has 0 unspecified atom stereocenters. The Labute approximate surface area is 97.9 Å². The van der Waals surface area contributed by atoms with Gasteiger partial charge in [-0.2, -0.15) is 0 Å². The first-order valence-corrected chi connectivity index (χ1v) is 5.94. The fraction of sp³-hybridized carbons (Fsp3) is 0.692. The summed E-state index contributed by atoms with van der Waals surface area (Å²) in [5.41, 5.74) is 0. The third-order valence-electron chi connectivity index (χ3n) is 2.29. The highest BCUT2D eigenvalue weighted by molar-refractivity contribution is 5.95. The number of methoxy groups -OCH3 is 1. The summed E-state index contributed by atoms with van der Waals surface area (Å²) in [4.78, 5) is 22.0. The van der Waals surface area contributed by atoms with Crippen molar-refractivity contribution in [1.82, 2.24) is 0 Å². The van der Waals surface area contributed by atoms with Crippen LogP contribution >= 0.6 is 0 Å². The van der Waals surface area contributed by atoms with Gasteiger partial charge in [0.05, 0.1) is 7.11 Å². The van der Waals surface area contributed by atoms with Crippen molar-refractivity contribution in [2.75, 3.05) is 7.11 Å². The molecule has 0 fully saturated rings. The number of rotatable bonds is 9. The van der Waals surface area contributed by atoms with Gasteiger partial charge in [0.15, 0.2) is 0 Å². The number of carbonyl (C=O) groups is 2. The standard InChI is InChI=1S/C13H22O3/c1-3-4-5-6-7-8-9-10-12(14)11-13(15)16-2/h6-7H,3-5,8-11H2,1-2H3/b7-6+. The van der Waals surface area contributed by atoms with E-state index < -0.39 is 5.97 Å². The van der Waals surface area contributed by atoms with Crippen LogP contribution in [0.15, 0.2) is 12.2 Å². The fourth-order valence-electron chi connectivity index (χ4n) is 1.30. The van der Waals surface area contributed by atoms with Crippen LogP contribution in [-0.2, 0) is 14.3 Å². The minimum atomic E-state index is -0.441. The van der Waals surface area contributed by atoms with Crippen LogP contribution in [0.4, 0.5) is 0 Å². The van der Waals surface area contributed by atoms with Gasteiger partial charge < -0.3 is 4.74 Å². The molecule has 16 heavy (non-hydrogen) atoms. The maximum atomic E-state index is 11.2. The van der Waals surface area contributed by atoms with Crippen LogP contribution in [0.2, 0.25) is 0 Å². The van der Waals surface area contributed by atoms with Crippen molar-refractivity contribution in [1.29, 1.82) is 0 Å². The Kier molecular flexibility index (Phi) is 9.67. The molecule has 3 heteroatoms. The Morgan fingerprint density at radius 2 is 1.75 bits per heavy atom. The molecule has 0 aromatic heterocycles. The lowest BCUT2D eigenvalue weighted by Crippen LogP contribution is -2.08. The lowest BCUT2D eigenvalue weighted by Gasteiger charge is -1.98. The summed E-state index contributed by atoms with van der Waals surface area (Å²) in [6.07, 6.45) is 9.93. The normalized spacial score (nSPS) is 10.6. The van der Waals surface area contributed by atoms with E-state index in [1.165, 1.54) is 20.0 Å². The van der Waals surface area contributed by atoms with E-state index in [4.69, 9.17) is 0 Å². The van der Waals surface area contributed by atoms with Crippen molar-refractivity contribution in [2.45, 2.75) is 51.9 Å². The predicted molar refractivity (Wildman–Crippen MR) is 64.2 cm³/mol. The zero-order valence-electron chi connectivity index (χ0n) is 10.3. The maximum absolute atomic E-state index is 11.2. The highest BCUT2D eigenvalue weighted by atomic mass is 16.5. The van der Waals surface area contributed by atoms with E-state index in [2.05, 4.69) is 23.8 Å². The minimum absolute atomic E-state index is 0.0335. The second-order valence-electron chi connectivity index (χ2n) is 3.80. The molecule has 0 rings (SSSR count). The van der Waals surface area contributed by atoms with E-state index in [0.29, 0.717) is 6.42 Å². The summed E-state index contributed by atoms with van der Waals surface area (Å²) < 4.78 is 4.42. The summed E-state index contributed by atoms with van der Waals surface area (Å²) in [7, 11) is 1.30. The van der Waals surface area contributed by atoms with Crippen LogP contribution in [-0.4, -0.2) is 18.9 Å². The van der Waals surface area contributed by atoms with Gasteiger partial charge in [0.25, 0.3) is 0 Å². The third-order valence-corrected chi connectivity index (χ3v) is 2.29. The minimum Gasteiger partial charge on any atom is -0.469 e. The van der Waals surface area contributed by atoms with E-state index in [9.17, 15) is 9.59 Å². The molecule has 0 aromatic rings. The molecule has 0 saturated carbocycles. The number of ether oxygens (including phenoxy) is 1. The first-order valence-electron chi connectivity index (χ1n) is 5.94. The van der Waals surface area contributed by atoms with Gasteiger partial charge in [0.2, 0.25) is 0 Å². The molecular weight excluding hydrogens is 204 g/mol. The number of esters is 1. The van der Waals surface area contributed by atoms with Gasteiger partial charge >= 0.3 is 5.97 Å². The number of unbranched alkanes of at least 4 members (excludes halogenated alkanes) is 3. The van der Waals surface area contributed by atoms with E-state index in [1.807, 2.05) is 0 Å². The molecule has 0 N–H and O–H groups in total. The van der Waals surface area contributed by atoms with Crippen LogP contribution in [0, 0.1) is 0 Å². The monoisotopic (exact) mass is 226 g/mol. The van der Waals surface area contributed by atoms with Gasteiger partial charge in [-0.3, -0.25) is 9.59 Å². The van der Waals surface area contributed by atoms with Crippen molar-refractivity contribution in [3.8, 4) is 0 Å². The molecular formula is C13H22O3. The molecule has 0 atom stereocenters. The van der Waals surface area contributed by atoms with E-state index in [1.54, 1.807) is 0 Å². The number of hydrogen-bond acceptors (Lipinski definition) is 3. The molecule has 0 bridgehead atoms. The summed E-state index contributed by atoms with van der Waals surface area (Å²) in [6, 6.07) is 0. The molecule has 0 aliphatic heterocycles. The molecule has 0 aliphatic carbocycles. The molecule has 0 aliphatic rings. The fourth-order valence-corrected chi connectivity index (χ4v) is 1.30.